The molecule has 0 aromatic heterocycles. The highest BCUT2D eigenvalue weighted by Gasteiger charge is 2.16. The normalized spacial score (nSPS) is 12.1. The molecule has 0 radical (unpaired) electrons. The van der Waals surface area contributed by atoms with E-state index in [2.05, 4.69) is 22.3 Å². The number of ether oxygens (including phenoxy) is 1. The van der Waals surface area contributed by atoms with Crippen molar-refractivity contribution in [2.75, 3.05) is 11.9 Å². The third-order valence-electron chi connectivity index (χ3n) is 5.00. The SMILES string of the molecule is CCCCCCOc1ccc(C(=O)NC(=S)Nc2ccc(S(=O)(=O)NC(C)CC)cc2)cc1. The van der Waals surface area contributed by atoms with E-state index in [0.29, 0.717) is 24.3 Å². The van der Waals surface area contributed by atoms with Crippen LogP contribution in [0.4, 0.5) is 5.69 Å². The molecule has 2 aromatic rings. The molecule has 0 aliphatic carbocycles. The van der Waals surface area contributed by atoms with Gasteiger partial charge in [-0.25, -0.2) is 13.1 Å². The van der Waals surface area contributed by atoms with E-state index in [-0.39, 0.29) is 22.0 Å². The Labute approximate surface area is 202 Å². The zero-order chi connectivity index (χ0) is 24.3. The Kier molecular flexibility index (Phi) is 10.8. The van der Waals surface area contributed by atoms with Gasteiger partial charge in [-0.2, -0.15) is 0 Å². The number of carbonyl (C=O) groups excluding carboxylic acids is 1. The van der Waals surface area contributed by atoms with Gasteiger partial charge in [-0.15, -0.1) is 0 Å². The number of amides is 1. The average molecular weight is 492 g/mol. The zero-order valence-corrected chi connectivity index (χ0v) is 21.0. The molecule has 0 saturated heterocycles. The van der Waals surface area contributed by atoms with Crippen LogP contribution in [0.2, 0.25) is 0 Å². The van der Waals surface area contributed by atoms with E-state index >= 15 is 0 Å². The van der Waals surface area contributed by atoms with Crippen LogP contribution in [0.1, 0.15) is 63.2 Å². The smallest absolute Gasteiger partial charge is 0.257 e. The number of thiocarbonyl (C=S) groups is 1. The van der Waals surface area contributed by atoms with Crippen LogP contribution in [0.5, 0.6) is 5.75 Å². The van der Waals surface area contributed by atoms with Crippen molar-refractivity contribution in [3.63, 3.8) is 0 Å². The summed E-state index contributed by atoms with van der Waals surface area (Å²) in [6.07, 6.45) is 5.24. The monoisotopic (exact) mass is 491 g/mol. The van der Waals surface area contributed by atoms with Crippen molar-refractivity contribution < 1.29 is 17.9 Å². The first kappa shape index (κ1) is 26.8. The van der Waals surface area contributed by atoms with Crippen molar-refractivity contribution >= 4 is 38.9 Å². The van der Waals surface area contributed by atoms with Crippen molar-refractivity contribution in [1.29, 1.82) is 0 Å². The van der Waals surface area contributed by atoms with Gasteiger partial charge >= 0.3 is 0 Å². The molecule has 0 bridgehead atoms. The number of unbranched alkanes of at least 4 members (excludes halogenated alkanes) is 3. The molecule has 0 saturated carbocycles. The lowest BCUT2D eigenvalue weighted by atomic mass is 10.2. The Bertz CT molecular complexity index is 1010. The first-order valence-corrected chi connectivity index (χ1v) is 13.1. The van der Waals surface area contributed by atoms with Crippen molar-refractivity contribution in [3.05, 3.63) is 54.1 Å². The highest BCUT2D eigenvalue weighted by Crippen LogP contribution is 2.16. The van der Waals surface area contributed by atoms with Gasteiger partial charge in [-0.05, 0) is 80.5 Å². The molecule has 7 nitrogen and oxygen atoms in total. The van der Waals surface area contributed by atoms with Crippen LogP contribution in [-0.2, 0) is 10.0 Å². The standard InChI is InChI=1S/C24H33N3O4S2/c1-4-6-7-8-17-31-21-13-9-19(10-14-21)23(28)26-24(32)25-20-11-15-22(16-12-20)33(29,30)27-18(3)5-2/h9-16,18,27H,4-8,17H2,1-3H3,(H2,25,26,28,32). The summed E-state index contributed by atoms with van der Waals surface area (Å²) >= 11 is 5.21. The second-order valence-electron chi connectivity index (χ2n) is 7.80. The van der Waals surface area contributed by atoms with E-state index in [1.54, 1.807) is 36.4 Å². The third kappa shape index (κ3) is 9.11. The summed E-state index contributed by atoms with van der Waals surface area (Å²) < 4.78 is 33.0. The van der Waals surface area contributed by atoms with Gasteiger partial charge in [0.25, 0.3) is 5.91 Å². The van der Waals surface area contributed by atoms with Crippen molar-refractivity contribution in [3.8, 4) is 5.75 Å². The summed E-state index contributed by atoms with van der Waals surface area (Å²) in [4.78, 5) is 12.6. The number of nitrogens with one attached hydrogen (secondary N) is 3. The maximum Gasteiger partial charge on any atom is 0.257 e. The fourth-order valence-electron chi connectivity index (χ4n) is 2.89. The van der Waals surface area contributed by atoms with Gasteiger partial charge < -0.3 is 10.1 Å². The minimum absolute atomic E-state index is 0.115. The van der Waals surface area contributed by atoms with E-state index in [4.69, 9.17) is 17.0 Å². The molecular weight excluding hydrogens is 458 g/mol. The highest BCUT2D eigenvalue weighted by molar-refractivity contribution is 7.89. The van der Waals surface area contributed by atoms with E-state index < -0.39 is 10.0 Å². The number of carbonyl (C=O) groups is 1. The molecule has 1 amide bonds. The Balaban J connectivity index is 1.85. The van der Waals surface area contributed by atoms with Gasteiger partial charge in [-0.3, -0.25) is 10.1 Å². The number of benzene rings is 2. The summed E-state index contributed by atoms with van der Waals surface area (Å²) in [6.45, 7) is 6.55. The van der Waals surface area contributed by atoms with Crippen molar-refractivity contribution in [1.82, 2.24) is 10.0 Å². The van der Waals surface area contributed by atoms with E-state index in [9.17, 15) is 13.2 Å². The summed E-state index contributed by atoms with van der Waals surface area (Å²) in [5.74, 6) is 0.376. The molecule has 3 N–H and O–H groups in total. The lowest BCUT2D eigenvalue weighted by Crippen LogP contribution is -2.34. The van der Waals surface area contributed by atoms with Crippen molar-refractivity contribution in [2.24, 2.45) is 0 Å². The highest BCUT2D eigenvalue weighted by atomic mass is 32.2. The quantitative estimate of drug-likeness (QED) is 0.290. The van der Waals surface area contributed by atoms with E-state index in [1.165, 1.54) is 25.0 Å². The van der Waals surface area contributed by atoms with Crippen LogP contribution in [0.25, 0.3) is 0 Å². The van der Waals surface area contributed by atoms with Gasteiger partial charge in [0.15, 0.2) is 5.11 Å². The lowest BCUT2D eigenvalue weighted by molar-refractivity contribution is 0.0977. The largest absolute Gasteiger partial charge is 0.494 e. The number of rotatable bonds is 12. The molecule has 1 atom stereocenters. The zero-order valence-electron chi connectivity index (χ0n) is 19.4. The van der Waals surface area contributed by atoms with Gasteiger partial charge in [0.05, 0.1) is 11.5 Å². The maximum atomic E-state index is 12.4. The molecule has 2 rings (SSSR count). The fraction of sp³-hybridized carbons (Fsp3) is 0.417. The van der Waals surface area contributed by atoms with Crippen LogP contribution in [-0.4, -0.2) is 32.1 Å². The Hall–Kier alpha value is -2.49. The molecule has 0 heterocycles. The van der Waals surface area contributed by atoms with Crippen LogP contribution in [0, 0.1) is 0 Å². The second kappa shape index (κ2) is 13.3. The average Bonchev–Trinajstić information content (AvgIpc) is 2.79. The Morgan fingerprint density at radius 3 is 2.27 bits per heavy atom. The molecule has 0 aliphatic rings. The predicted octanol–water partition coefficient (Wildman–Crippen LogP) is 4.85. The molecule has 9 heteroatoms. The molecule has 0 fully saturated rings. The number of hydrogen-bond donors (Lipinski definition) is 3. The van der Waals surface area contributed by atoms with Gasteiger partial charge in [-0.1, -0.05) is 33.1 Å². The van der Waals surface area contributed by atoms with Gasteiger partial charge in [0.2, 0.25) is 10.0 Å². The third-order valence-corrected chi connectivity index (χ3v) is 6.81. The second-order valence-corrected chi connectivity index (χ2v) is 9.92. The fourth-order valence-corrected chi connectivity index (χ4v) is 4.43. The molecule has 1 unspecified atom stereocenters. The van der Waals surface area contributed by atoms with Crippen LogP contribution < -0.4 is 20.1 Å². The van der Waals surface area contributed by atoms with Crippen molar-refractivity contribution in [2.45, 2.75) is 63.8 Å². The lowest BCUT2D eigenvalue weighted by Gasteiger charge is -2.13. The Morgan fingerprint density at radius 2 is 1.67 bits per heavy atom. The number of anilines is 1. The molecular formula is C24H33N3O4S2. The van der Waals surface area contributed by atoms with Crippen LogP contribution in [0.15, 0.2) is 53.4 Å². The van der Waals surface area contributed by atoms with E-state index in [1.807, 2.05) is 13.8 Å². The summed E-state index contributed by atoms with van der Waals surface area (Å²) in [6, 6.07) is 12.9. The van der Waals surface area contributed by atoms with Gasteiger partial charge in [0.1, 0.15) is 5.75 Å². The summed E-state index contributed by atoms with van der Waals surface area (Å²) in [5, 5.41) is 5.62. The number of sulfonamides is 1. The maximum absolute atomic E-state index is 12.4. The minimum Gasteiger partial charge on any atom is -0.494 e. The molecule has 0 spiro atoms. The topological polar surface area (TPSA) is 96.5 Å². The first-order chi connectivity index (χ1) is 15.7. The van der Waals surface area contributed by atoms with Gasteiger partial charge in [0, 0.05) is 17.3 Å². The Morgan fingerprint density at radius 1 is 1.00 bits per heavy atom. The molecule has 2 aromatic carbocycles. The summed E-state index contributed by atoms with van der Waals surface area (Å²) in [7, 11) is -3.58. The van der Waals surface area contributed by atoms with Crippen LogP contribution in [0.3, 0.4) is 0 Å². The molecule has 0 aliphatic heterocycles. The molecule has 33 heavy (non-hydrogen) atoms. The molecule has 180 valence electrons. The minimum atomic E-state index is -3.58. The first-order valence-electron chi connectivity index (χ1n) is 11.2. The summed E-state index contributed by atoms with van der Waals surface area (Å²) in [5.41, 5.74) is 1.02. The van der Waals surface area contributed by atoms with E-state index in [0.717, 1.165) is 18.6 Å². The predicted molar refractivity (Wildman–Crippen MR) is 136 cm³/mol. The number of hydrogen-bond acceptors (Lipinski definition) is 5. The van der Waals surface area contributed by atoms with Crippen LogP contribution >= 0.6 is 12.2 Å².